The van der Waals surface area contributed by atoms with Crippen molar-refractivity contribution in [3.8, 4) is 0 Å². The molecule has 0 aromatic heterocycles. The second-order valence-corrected chi connectivity index (χ2v) is 8.11. The minimum absolute atomic E-state index is 0.136. The quantitative estimate of drug-likeness (QED) is 0.491. The monoisotopic (exact) mass is 459 g/mol. The normalized spacial score (nSPS) is 11.1. The first kappa shape index (κ1) is 18.7. The molecule has 0 bridgehead atoms. The lowest BCUT2D eigenvalue weighted by atomic mass is 10.2. The van der Waals surface area contributed by atoms with Gasteiger partial charge in [-0.25, -0.2) is 8.42 Å². The van der Waals surface area contributed by atoms with Crippen molar-refractivity contribution in [2.75, 3.05) is 17.5 Å². The van der Waals surface area contributed by atoms with E-state index >= 15 is 0 Å². The van der Waals surface area contributed by atoms with Gasteiger partial charge in [0.1, 0.15) is 6.54 Å². The molecule has 128 valence electrons. The maximum atomic E-state index is 13.1. The zero-order valence-corrected chi connectivity index (χ0v) is 16.4. The number of aryl methyl sites for hydroxylation is 1. The summed E-state index contributed by atoms with van der Waals surface area (Å²) >= 11 is 2.05. The molecule has 24 heavy (non-hydrogen) atoms. The third kappa shape index (κ3) is 4.27. The molecule has 0 saturated heterocycles. The van der Waals surface area contributed by atoms with Crippen LogP contribution in [0.15, 0.2) is 53.4 Å². The van der Waals surface area contributed by atoms with Crippen LogP contribution in [-0.4, -0.2) is 27.5 Å². The van der Waals surface area contributed by atoms with Gasteiger partial charge < -0.3 is 4.74 Å². The number of carbonyl (C=O) groups is 1. The molecule has 0 amide bonds. The maximum absolute atomic E-state index is 13.1. The molecule has 0 atom stereocenters. The molecular weight excluding hydrogens is 441 g/mol. The largest absolute Gasteiger partial charge is 0.465 e. The first-order valence-corrected chi connectivity index (χ1v) is 9.87. The average molecular weight is 459 g/mol. The van der Waals surface area contributed by atoms with Crippen molar-refractivity contribution in [3.63, 3.8) is 0 Å². The molecule has 0 saturated carbocycles. The van der Waals surface area contributed by atoms with E-state index in [1.165, 1.54) is 0 Å². The van der Waals surface area contributed by atoms with Crippen molar-refractivity contribution < 1.29 is 17.9 Å². The standard InChI is InChI=1S/C17H18INO4S/c1-3-23-17(20)12-19(16-7-5-4-6-15(16)18)24(21,22)14-10-8-13(2)9-11-14/h4-11H,3,12H2,1-2H3. The first-order chi connectivity index (χ1) is 11.4. The van der Waals surface area contributed by atoms with E-state index in [0.717, 1.165) is 13.4 Å². The van der Waals surface area contributed by atoms with Gasteiger partial charge in [0, 0.05) is 3.57 Å². The molecule has 0 N–H and O–H groups in total. The fraction of sp³-hybridized carbons (Fsp3) is 0.235. The van der Waals surface area contributed by atoms with Crippen LogP contribution in [-0.2, 0) is 19.6 Å². The van der Waals surface area contributed by atoms with Gasteiger partial charge in [0.25, 0.3) is 10.0 Å². The molecule has 7 heteroatoms. The smallest absolute Gasteiger partial charge is 0.326 e. The minimum Gasteiger partial charge on any atom is -0.465 e. The van der Waals surface area contributed by atoms with Crippen molar-refractivity contribution in [1.29, 1.82) is 0 Å². The molecule has 0 fully saturated rings. The van der Waals surface area contributed by atoms with E-state index < -0.39 is 16.0 Å². The van der Waals surface area contributed by atoms with Gasteiger partial charge >= 0.3 is 5.97 Å². The molecule has 0 aliphatic rings. The summed E-state index contributed by atoms with van der Waals surface area (Å²) in [6.07, 6.45) is 0. The van der Waals surface area contributed by atoms with Crippen LogP contribution < -0.4 is 4.31 Å². The number of sulfonamides is 1. The summed E-state index contributed by atoms with van der Waals surface area (Å²) in [7, 11) is -3.88. The zero-order valence-electron chi connectivity index (χ0n) is 13.4. The molecule has 0 unspecified atom stereocenters. The predicted molar refractivity (Wildman–Crippen MR) is 102 cm³/mol. The Balaban J connectivity index is 2.50. The van der Waals surface area contributed by atoms with Crippen molar-refractivity contribution in [3.05, 3.63) is 57.7 Å². The number of benzene rings is 2. The fourth-order valence-corrected chi connectivity index (χ4v) is 4.39. The predicted octanol–water partition coefficient (Wildman–Crippen LogP) is 3.36. The summed E-state index contributed by atoms with van der Waals surface area (Å²) < 4.78 is 32.9. The van der Waals surface area contributed by atoms with Crippen LogP contribution in [0.3, 0.4) is 0 Å². The summed E-state index contributed by atoms with van der Waals surface area (Å²) in [4.78, 5) is 12.1. The zero-order chi connectivity index (χ0) is 17.7. The number of para-hydroxylation sites is 1. The molecule has 2 aromatic rings. The van der Waals surface area contributed by atoms with Crippen LogP contribution >= 0.6 is 22.6 Å². The van der Waals surface area contributed by atoms with E-state index in [1.54, 1.807) is 49.4 Å². The van der Waals surface area contributed by atoms with Crippen molar-refractivity contribution in [2.24, 2.45) is 0 Å². The van der Waals surface area contributed by atoms with E-state index in [4.69, 9.17) is 4.74 Å². The molecule has 0 aliphatic heterocycles. The third-order valence-electron chi connectivity index (χ3n) is 3.31. The summed E-state index contributed by atoms with van der Waals surface area (Å²) in [5, 5.41) is 0. The van der Waals surface area contributed by atoms with Crippen molar-refractivity contribution in [2.45, 2.75) is 18.7 Å². The molecule has 0 spiro atoms. The molecule has 2 rings (SSSR count). The van der Waals surface area contributed by atoms with Gasteiger partial charge in [-0.2, -0.15) is 0 Å². The Labute approximate surface area is 155 Å². The molecule has 2 aromatic carbocycles. The second kappa shape index (κ2) is 7.98. The number of anilines is 1. The highest BCUT2D eigenvalue weighted by Crippen LogP contribution is 2.28. The van der Waals surface area contributed by atoms with Gasteiger partial charge in [-0.1, -0.05) is 29.8 Å². The van der Waals surface area contributed by atoms with Crippen LogP contribution in [0.25, 0.3) is 0 Å². The van der Waals surface area contributed by atoms with Crippen molar-refractivity contribution >= 4 is 44.3 Å². The highest BCUT2D eigenvalue weighted by molar-refractivity contribution is 14.1. The molecule has 0 radical (unpaired) electrons. The number of halogens is 1. The Hall–Kier alpha value is -1.61. The number of nitrogens with zero attached hydrogens (tertiary/aromatic N) is 1. The van der Waals surface area contributed by atoms with Gasteiger partial charge in [-0.05, 0) is 60.7 Å². The van der Waals surface area contributed by atoms with E-state index in [1.807, 2.05) is 13.0 Å². The van der Waals surface area contributed by atoms with Gasteiger partial charge in [0.05, 0.1) is 17.2 Å². The first-order valence-electron chi connectivity index (χ1n) is 7.36. The molecule has 0 heterocycles. The minimum atomic E-state index is -3.88. The summed E-state index contributed by atoms with van der Waals surface area (Å²) in [6.45, 7) is 3.39. The van der Waals surface area contributed by atoms with Crippen LogP contribution in [0.5, 0.6) is 0 Å². The Morgan fingerprint density at radius 2 is 1.75 bits per heavy atom. The molecule has 5 nitrogen and oxygen atoms in total. The number of hydrogen-bond acceptors (Lipinski definition) is 4. The summed E-state index contributed by atoms with van der Waals surface area (Å²) in [5.41, 5.74) is 1.41. The number of carbonyl (C=O) groups excluding carboxylic acids is 1. The van der Waals surface area contributed by atoms with Crippen LogP contribution in [0.1, 0.15) is 12.5 Å². The number of ether oxygens (including phenoxy) is 1. The number of hydrogen-bond donors (Lipinski definition) is 0. The van der Waals surface area contributed by atoms with Crippen molar-refractivity contribution in [1.82, 2.24) is 0 Å². The fourth-order valence-electron chi connectivity index (χ4n) is 2.11. The number of rotatable bonds is 6. The van der Waals surface area contributed by atoms with Crippen LogP contribution in [0.4, 0.5) is 5.69 Å². The lowest BCUT2D eigenvalue weighted by Gasteiger charge is -2.24. The van der Waals surface area contributed by atoms with Crippen LogP contribution in [0, 0.1) is 10.5 Å². The van der Waals surface area contributed by atoms with E-state index in [9.17, 15) is 13.2 Å². The van der Waals surface area contributed by atoms with Gasteiger partial charge in [-0.15, -0.1) is 0 Å². The van der Waals surface area contributed by atoms with Gasteiger partial charge in [0.2, 0.25) is 0 Å². The van der Waals surface area contributed by atoms with Crippen LogP contribution in [0.2, 0.25) is 0 Å². The SMILES string of the molecule is CCOC(=O)CN(c1ccccc1I)S(=O)(=O)c1ccc(C)cc1. The van der Waals surface area contributed by atoms with E-state index in [0.29, 0.717) is 5.69 Å². The highest BCUT2D eigenvalue weighted by Gasteiger charge is 2.28. The molecular formula is C17H18INO4S. The topological polar surface area (TPSA) is 63.7 Å². The Bertz CT molecular complexity index is 819. The highest BCUT2D eigenvalue weighted by atomic mass is 127. The summed E-state index contributed by atoms with van der Waals surface area (Å²) in [5.74, 6) is -0.590. The van der Waals surface area contributed by atoms with E-state index in [2.05, 4.69) is 22.6 Å². The third-order valence-corrected chi connectivity index (χ3v) is 5.99. The Kier molecular flexibility index (Phi) is 6.22. The van der Waals surface area contributed by atoms with E-state index in [-0.39, 0.29) is 18.0 Å². The lowest BCUT2D eigenvalue weighted by molar-refractivity contribution is -0.141. The summed E-state index contributed by atoms with van der Waals surface area (Å²) in [6, 6.07) is 13.5. The lowest BCUT2D eigenvalue weighted by Crippen LogP contribution is -2.37. The average Bonchev–Trinajstić information content (AvgIpc) is 2.54. The van der Waals surface area contributed by atoms with Gasteiger partial charge in [0.15, 0.2) is 0 Å². The molecule has 0 aliphatic carbocycles. The Morgan fingerprint density at radius 1 is 1.12 bits per heavy atom. The Morgan fingerprint density at radius 3 is 2.33 bits per heavy atom. The number of esters is 1. The maximum Gasteiger partial charge on any atom is 0.326 e. The van der Waals surface area contributed by atoms with Gasteiger partial charge in [-0.3, -0.25) is 9.10 Å². The second-order valence-electron chi connectivity index (χ2n) is 5.08.